The highest BCUT2D eigenvalue weighted by atomic mass is 16.2. The van der Waals surface area contributed by atoms with Gasteiger partial charge in [-0.1, -0.05) is 18.2 Å². The van der Waals surface area contributed by atoms with E-state index in [1.807, 2.05) is 31.2 Å². The lowest BCUT2D eigenvalue weighted by Crippen LogP contribution is -2.33. The van der Waals surface area contributed by atoms with Gasteiger partial charge in [0.1, 0.15) is 5.56 Å². The fraction of sp³-hybridized carbons (Fsp3) is 0.222. The van der Waals surface area contributed by atoms with Crippen molar-refractivity contribution in [2.45, 2.75) is 20.3 Å². The molecule has 0 aliphatic rings. The summed E-state index contributed by atoms with van der Waals surface area (Å²) >= 11 is 0. The molecule has 8 nitrogen and oxygen atoms in total. The van der Waals surface area contributed by atoms with Gasteiger partial charge < -0.3 is 10.6 Å². The van der Waals surface area contributed by atoms with E-state index in [9.17, 15) is 14.4 Å². The van der Waals surface area contributed by atoms with Crippen molar-refractivity contribution >= 4 is 23.1 Å². The predicted molar refractivity (Wildman–Crippen MR) is 97.3 cm³/mol. The Hall–Kier alpha value is -3.42. The van der Waals surface area contributed by atoms with Crippen LogP contribution in [0.5, 0.6) is 0 Å². The van der Waals surface area contributed by atoms with Crippen molar-refractivity contribution in [1.29, 1.82) is 0 Å². The number of rotatable bonds is 5. The Balaban J connectivity index is 1.59. The van der Waals surface area contributed by atoms with Gasteiger partial charge >= 0.3 is 0 Å². The number of amides is 2. The van der Waals surface area contributed by atoms with Crippen molar-refractivity contribution in [3.05, 3.63) is 63.7 Å². The normalized spacial score (nSPS) is 10.7. The molecule has 0 bridgehead atoms. The second-order valence-electron chi connectivity index (χ2n) is 5.98. The molecule has 3 rings (SSSR count). The third kappa shape index (κ3) is 3.64. The maximum Gasteiger partial charge on any atom is 0.285 e. The molecule has 0 saturated heterocycles. The Morgan fingerprint density at radius 1 is 1.23 bits per heavy atom. The van der Waals surface area contributed by atoms with Crippen LogP contribution in [-0.4, -0.2) is 33.0 Å². The Labute approximate surface area is 149 Å². The third-order valence-corrected chi connectivity index (χ3v) is 3.92. The SMILES string of the molecule is Cc1cc2ncc(C(=O)NCCC(=O)Nc3ccccc3C)c(=O)n2[nH]1. The molecule has 0 fully saturated rings. The number of aromatic amines is 1. The number of carbonyl (C=O) groups is 2. The maximum absolute atomic E-state index is 12.3. The summed E-state index contributed by atoms with van der Waals surface area (Å²) in [6.45, 7) is 3.81. The molecule has 1 aromatic carbocycles. The lowest BCUT2D eigenvalue weighted by Gasteiger charge is -2.08. The van der Waals surface area contributed by atoms with Gasteiger partial charge in [-0.3, -0.25) is 19.5 Å². The standard InChI is InChI=1S/C18H19N5O3/c1-11-5-3-4-6-14(11)21-16(24)7-8-19-17(25)13-10-20-15-9-12(2)22-23(15)18(13)26/h3-6,9-10,22H,7-8H2,1-2H3,(H,19,25)(H,21,24). The number of carbonyl (C=O) groups excluding carboxylic acids is 2. The average Bonchev–Trinajstić information content (AvgIpc) is 2.98. The summed E-state index contributed by atoms with van der Waals surface area (Å²) in [5.41, 5.74) is 2.34. The van der Waals surface area contributed by atoms with E-state index in [1.54, 1.807) is 13.0 Å². The molecular weight excluding hydrogens is 334 g/mol. The minimum atomic E-state index is -0.562. The molecule has 26 heavy (non-hydrogen) atoms. The van der Waals surface area contributed by atoms with Gasteiger partial charge in [-0.25, -0.2) is 9.50 Å². The summed E-state index contributed by atoms with van der Waals surface area (Å²) < 4.78 is 1.22. The number of hydrogen-bond acceptors (Lipinski definition) is 4. The molecule has 2 aromatic heterocycles. The van der Waals surface area contributed by atoms with E-state index in [1.165, 1.54) is 10.7 Å². The van der Waals surface area contributed by atoms with E-state index < -0.39 is 11.5 Å². The van der Waals surface area contributed by atoms with Gasteiger partial charge in [0.05, 0.1) is 0 Å². The number of aromatic nitrogens is 3. The van der Waals surface area contributed by atoms with Gasteiger partial charge in [-0.05, 0) is 25.5 Å². The molecule has 2 heterocycles. The minimum absolute atomic E-state index is 0.0799. The number of anilines is 1. The van der Waals surface area contributed by atoms with E-state index in [2.05, 4.69) is 20.7 Å². The van der Waals surface area contributed by atoms with E-state index in [0.717, 1.165) is 16.9 Å². The predicted octanol–water partition coefficient (Wildman–Crippen LogP) is 1.40. The topological polar surface area (TPSA) is 108 Å². The molecule has 0 radical (unpaired) electrons. The largest absolute Gasteiger partial charge is 0.351 e. The van der Waals surface area contributed by atoms with Crippen molar-refractivity contribution < 1.29 is 9.59 Å². The summed E-state index contributed by atoms with van der Waals surface area (Å²) in [6, 6.07) is 9.14. The van der Waals surface area contributed by atoms with E-state index in [-0.39, 0.29) is 24.4 Å². The van der Waals surface area contributed by atoms with E-state index >= 15 is 0 Å². The molecule has 0 unspecified atom stereocenters. The molecule has 134 valence electrons. The van der Waals surface area contributed by atoms with Crippen molar-refractivity contribution in [3.63, 3.8) is 0 Å². The summed E-state index contributed by atoms with van der Waals surface area (Å²) in [4.78, 5) is 40.6. The summed E-state index contributed by atoms with van der Waals surface area (Å²) in [7, 11) is 0. The van der Waals surface area contributed by atoms with Gasteiger partial charge in [0, 0.05) is 36.6 Å². The lowest BCUT2D eigenvalue weighted by atomic mass is 10.2. The fourth-order valence-corrected chi connectivity index (χ4v) is 2.55. The van der Waals surface area contributed by atoms with Crippen LogP contribution in [0.25, 0.3) is 5.65 Å². The Morgan fingerprint density at radius 3 is 2.77 bits per heavy atom. The highest BCUT2D eigenvalue weighted by Crippen LogP contribution is 2.13. The Kier molecular flexibility index (Phi) is 4.83. The summed E-state index contributed by atoms with van der Waals surface area (Å²) in [5, 5.41) is 8.19. The quantitative estimate of drug-likeness (QED) is 0.644. The second-order valence-corrected chi connectivity index (χ2v) is 5.98. The number of benzene rings is 1. The molecule has 0 saturated carbocycles. The molecule has 8 heteroatoms. The number of nitrogens with one attached hydrogen (secondary N) is 3. The van der Waals surface area contributed by atoms with E-state index in [4.69, 9.17) is 0 Å². The highest BCUT2D eigenvalue weighted by Gasteiger charge is 2.14. The summed E-state index contributed by atoms with van der Waals surface area (Å²) in [5.74, 6) is -0.780. The lowest BCUT2D eigenvalue weighted by molar-refractivity contribution is -0.116. The van der Waals surface area contributed by atoms with Gasteiger partial charge in [-0.2, -0.15) is 0 Å². The molecule has 2 amide bonds. The van der Waals surface area contributed by atoms with Crippen LogP contribution in [0.2, 0.25) is 0 Å². The van der Waals surface area contributed by atoms with Crippen LogP contribution < -0.4 is 16.2 Å². The van der Waals surface area contributed by atoms with Gasteiger partial charge in [0.2, 0.25) is 5.91 Å². The zero-order valence-electron chi connectivity index (χ0n) is 14.5. The number of nitrogens with zero attached hydrogens (tertiary/aromatic N) is 2. The smallest absolute Gasteiger partial charge is 0.285 e. The van der Waals surface area contributed by atoms with Crippen LogP contribution in [-0.2, 0) is 4.79 Å². The van der Waals surface area contributed by atoms with Crippen LogP contribution in [0.3, 0.4) is 0 Å². The average molecular weight is 353 g/mol. The molecule has 0 aliphatic heterocycles. The molecule has 3 aromatic rings. The van der Waals surface area contributed by atoms with Crippen molar-refractivity contribution in [1.82, 2.24) is 19.9 Å². The van der Waals surface area contributed by atoms with E-state index in [0.29, 0.717) is 5.65 Å². The summed E-state index contributed by atoms with van der Waals surface area (Å²) in [6.07, 6.45) is 1.34. The van der Waals surface area contributed by atoms with Gasteiger partial charge in [0.25, 0.3) is 11.5 Å². The maximum atomic E-state index is 12.3. The number of aryl methyl sites for hydroxylation is 2. The van der Waals surface area contributed by atoms with Crippen LogP contribution in [0.15, 0.2) is 41.3 Å². The van der Waals surface area contributed by atoms with Gasteiger partial charge in [-0.15, -0.1) is 0 Å². The number of H-pyrrole nitrogens is 1. The Bertz CT molecular complexity index is 1030. The first-order valence-corrected chi connectivity index (χ1v) is 8.17. The molecular formula is C18H19N5O3. The second kappa shape index (κ2) is 7.22. The third-order valence-electron chi connectivity index (χ3n) is 3.92. The first-order valence-electron chi connectivity index (χ1n) is 8.17. The van der Waals surface area contributed by atoms with Crippen LogP contribution in [0.4, 0.5) is 5.69 Å². The van der Waals surface area contributed by atoms with Crippen LogP contribution in [0, 0.1) is 13.8 Å². The number of para-hydroxylation sites is 1. The molecule has 0 aliphatic carbocycles. The van der Waals surface area contributed by atoms with Crippen molar-refractivity contribution in [3.8, 4) is 0 Å². The highest BCUT2D eigenvalue weighted by molar-refractivity contribution is 5.95. The number of fused-ring (bicyclic) bond motifs is 1. The van der Waals surface area contributed by atoms with Crippen LogP contribution >= 0.6 is 0 Å². The molecule has 0 spiro atoms. The number of hydrogen-bond donors (Lipinski definition) is 3. The first kappa shape index (κ1) is 17.4. The fourth-order valence-electron chi connectivity index (χ4n) is 2.55. The van der Waals surface area contributed by atoms with Crippen LogP contribution in [0.1, 0.15) is 28.0 Å². The monoisotopic (exact) mass is 353 g/mol. The van der Waals surface area contributed by atoms with Crippen molar-refractivity contribution in [2.75, 3.05) is 11.9 Å². The first-order chi connectivity index (χ1) is 12.5. The zero-order valence-corrected chi connectivity index (χ0v) is 14.5. The Morgan fingerprint density at radius 2 is 2.00 bits per heavy atom. The zero-order chi connectivity index (χ0) is 18.7. The molecule has 0 atom stereocenters. The van der Waals surface area contributed by atoms with Crippen molar-refractivity contribution in [2.24, 2.45) is 0 Å². The minimum Gasteiger partial charge on any atom is -0.351 e. The van der Waals surface area contributed by atoms with Gasteiger partial charge in [0.15, 0.2) is 5.65 Å². The molecule has 3 N–H and O–H groups in total.